The SMILES string of the molecule is COC(=O)c1scc(C)c1NC(=O)c1cccc(Br)c1F. The quantitative estimate of drug-likeness (QED) is 0.829. The van der Waals surface area contributed by atoms with Crippen LogP contribution in [0.25, 0.3) is 0 Å². The van der Waals surface area contributed by atoms with Crippen LogP contribution in [0.2, 0.25) is 0 Å². The molecule has 0 spiro atoms. The Labute approximate surface area is 133 Å². The molecule has 110 valence electrons. The molecule has 1 amide bonds. The predicted molar refractivity (Wildman–Crippen MR) is 82.4 cm³/mol. The van der Waals surface area contributed by atoms with Gasteiger partial charge in [-0.2, -0.15) is 0 Å². The van der Waals surface area contributed by atoms with Crippen molar-refractivity contribution in [3.8, 4) is 0 Å². The van der Waals surface area contributed by atoms with E-state index >= 15 is 0 Å². The molecular formula is C14H11BrFNO3S. The lowest BCUT2D eigenvalue weighted by atomic mass is 10.2. The number of carbonyl (C=O) groups excluding carboxylic acids is 2. The molecule has 0 aliphatic rings. The van der Waals surface area contributed by atoms with Gasteiger partial charge in [-0.15, -0.1) is 11.3 Å². The van der Waals surface area contributed by atoms with Crippen LogP contribution >= 0.6 is 27.3 Å². The third-order valence-electron chi connectivity index (χ3n) is 2.78. The van der Waals surface area contributed by atoms with Gasteiger partial charge in [0, 0.05) is 0 Å². The van der Waals surface area contributed by atoms with Gasteiger partial charge < -0.3 is 10.1 Å². The molecule has 0 saturated heterocycles. The lowest BCUT2D eigenvalue weighted by Gasteiger charge is -2.08. The monoisotopic (exact) mass is 371 g/mol. The Bertz CT molecular complexity index is 714. The number of ether oxygens (including phenoxy) is 1. The summed E-state index contributed by atoms with van der Waals surface area (Å²) < 4.78 is 18.8. The molecule has 21 heavy (non-hydrogen) atoms. The predicted octanol–water partition coefficient (Wildman–Crippen LogP) is 4.00. The summed E-state index contributed by atoms with van der Waals surface area (Å²) >= 11 is 4.19. The summed E-state index contributed by atoms with van der Waals surface area (Å²) in [6, 6.07) is 4.43. The molecule has 0 atom stereocenters. The molecule has 7 heteroatoms. The van der Waals surface area contributed by atoms with Crippen molar-refractivity contribution in [1.29, 1.82) is 0 Å². The zero-order valence-corrected chi connectivity index (χ0v) is 13.6. The van der Waals surface area contributed by atoms with Crippen molar-refractivity contribution >= 4 is 44.8 Å². The zero-order chi connectivity index (χ0) is 15.6. The third-order valence-corrected chi connectivity index (χ3v) is 4.47. The minimum absolute atomic E-state index is 0.106. The molecule has 0 saturated carbocycles. The number of hydrogen-bond acceptors (Lipinski definition) is 4. The molecule has 1 N–H and O–H groups in total. The third kappa shape index (κ3) is 3.14. The van der Waals surface area contributed by atoms with Gasteiger partial charge in [-0.1, -0.05) is 6.07 Å². The standard InChI is InChI=1S/C14H11BrFNO3S/c1-7-6-21-12(14(19)20-2)11(7)17-13(18)8-4-3-5-9(15)10(8)16/h3-6H,1-2H3,(H,17,18). The molecule has 0 fully saturated rings. The van der Waals surface area contributed by atoms with Crippen molar-refractivity contribution in [3.63, 3.8) is 0 Å². The highest BCUT2D eigenvalue weighted by Crippen LogP contribution is 2.29. The number of methoxy groups -OCH3 is 1. The van der Waals surface area contributed by atoms with Gasteiger partial charge in [-0.05, 0) is 45.9 Å². The van der Waals surface area contributed by atoms with Crippen molar-refractivity contribution in [2.45, 2.75) is 6.92 Å². The van der Waals surface area contributed by atoms with Crippen molar-refractivity contribution in [2.24, 2.45) is 0 Å². The second-order valence-electron chi connectivity index (χ2n) is 4.17. The number of aryl methyl sites for hydroxylation is 1. The first-order chi connectivity index (χ1) is 9.95. The van der Waals surface area contributed by atoms with Crippen LogP contribution in [0.1, 0.15) is 25.6 Å². The smallest absolute Gasteiger partial charge is 0.350 e. The van der Waals surface area contributed by atoms with Crippen molar-refractivity contribution in [2.75, 3.05) is 12.4 Å². The van der Waals surface area contributed by atoms with Gasteiger partial charge in [0.25, 0.3) is 5.91 Å². The molecule has 1 aromatic carbocycles. The van der Waals surface area contributed by atoms with Crippen LogP contribution in [0.3, 0.4) is 0 Å². The fraction of sp³-hybridized carbons (Fsp3) is 0.143. The number of halogens is 2. The van der Waals surface area contributed by atoms with Crippen LogP contribution < -0.4 is 5.32 Å². The van der Waals surface area contributed by atoms with Crippen LogP contribution in [0.4, 0.5) is 10.1 Å². The largest absolute Gasteiger partial charge is 0.465 e. The maximum absolute atomic E-state index is 13.9. The van der Waals surface area contributed by atoms with Crippen LogP contribution in [0, 0.1) is 12.7 Å². The second kappa shape index (κ2) is 6.36. The van der Waals surface area contributed by atoms with E-state index in [0.717, 1.165) is 11.3 Å². The lowest BCUT2D eigenvalue weighted by Crippen LogP contribution is -2.16. The Morgan fingerprint density at radius 1 is 1.38 bits per heavy atom. The van der Waals surface area contributed by atoms with Crippen LogP contribution in [0.5, 0.6) is 0 Å². The summed E-state index contributed by atoms with van der Waals surface area (Å²) in [6.45, 7) is 1.75. The van der Waals surface area contributed by atoms with E-state index in [1.54, 1.807) is 18.4 Å². The number of carbonyl (C=O) groups is 2. The lowest BCUT2D eigenvalue weighted by molar-refractivity contribution is 0.0607. The van der Waals surface area contributed by atoms with Crippen LogP contribution in [-0.2, 0) is 4.74 Å². The number of thiophene rings is 1. The molecule has 2 rings (SSSR count). The molecule has 0 aliphatic heterocycles. The summed E-state index contributed by atoms with van der Waals surface area (Å²) in [4.78, 5) is 24.1. The van der Waals surface area contributed by atoms with E-state index in [4.69, 9.17) is 0 Å². The fourth-order valence-electron chi connectivity index (χ4n) is 1.70. The van der Waals surface area contributed by atoms with Gasteiger partial charge in [-0.25, -0.2) is 9.18 Å². The van der Waals surface area contributed by atoms with Gasteiger partial charge in [0.05, 0.1) is 22.8 Å². The highest BCUT2D eigenvalue weighted by Gasteiger charge is 2.21. The van der Waals surface area contributed by atoms with Crippen LogP contribution in [0.15, 0.2) is 28.1 Å². The Hall–Kier alpha value is -1.73. The average Bonchev–Trinajstić information content (AvgIpc) is 2.82. The minimum Gasteiger partial charge on any atom is -0.465 e. The van der Waals surface area contributed by atoms with Crippen molar-refractivity contribution in [3.05, 3.63) is 49.9 Å². The number of rotatable bonds is 3. The molecular weight excluding hydrogens is 361 g/mol. The summed E-state index contributed by atoms with van der Waals surface area (Å²) in [5.74, 6) is -1.82. The summed E-state index contributed by atoms with van der Waals surface area (Å²) in [7, 11) is 1.26. The highest BCUT2D eigenvalue weighted by molar-refractivity contribution is 9.10. The molecule has 0 aliphatic carbocycles. The zero-order valence-electron chi connectivity index (χ0n) is 11.2. The molecule has 0 bridgehead atoms. The summed E-state index contributed by atoms with van der Waals surface area (Å²) in [5, 5.41) is 4.29. The van der Waals surface area contributed by atoms with E-state index in [0.29, 0.717) is 11.3 Å². The van der Waals surface area contributed by atoms with Gasteiger partial charge in [0.15, 0.2) is 0 Å². The molecule has 0 unspecified atom stereocenters. The Morgan fingerprint density at radius 3 is 2.76 bits per heavy atom. The molecule has 1 aromatic heterocycles. The maximum Gasteiger partial charge on any atom is 0.350 e. The van der Waals surface area contributed by atoms with Gasteiger partial charge in [0.2, 0.25) is 0 Å². The molecule has 1 heterocycles. The number of benzene rings is 1. The molecule has 2 aromatic rings. The first kappa shape index (κ1) is 15.7. The highest BCUT2D eigenvalue weighted by atomic mass is 79.9. The summed E-state index contributed by atoms with van der Waals surface area (Å²) in [5.41, 5.74) is 0.950. The van der Waals surface area contributed by atoms with Crippen LogP contribution in [-0.4, -0.2) is 19.0 Å². The van der Waals surface area contributed by atoms with E-state index < -0.39 is 17.7 Å². The number of hydrogen-bond donors (Lipinski definition) is 1. The number of esters is 1. The van der Waals surface area contributed by atoms with Gasteiger partial charge >= 0.3 is 5.97 Å². The molecule has 0 radical (unpaired) electrons. The minimum atomic E-state index is -0.650. The Balaban J connectivity index is 2.34. The van der Waals surface area contributed by atoms with Gasteiger partial charge in [-0.3, -0.25) is 4.79 Å². The first-order valence-electron chi connectivity index (χ1n) is 5.87. The number of anilines is 1. The fourth-order valence-corrected chi connectivity index (χ4v) is 2.99. The topological polar surface area (TPSA) is 55.4 Å². The average molecular weight is 372 g/mol. The number of amides is 1. The molecule has 4 nitrogen and oxygen atoms in total. The summed E-state index contributed by atoms with van der Waals surface area (Å²) in [6.07, 6.45) is 0. The van der Waals surface area contributed by atoms with E-state index in [1.165, 1.54) is 19.2 Å². The normalized spacial score (nSPS) is 10.3. The Morgan fingerprint density at radius 2 is 2.10 bits per heavy atom. The van der Waals surface area contributed by atoms with E-state index in [1.807, 2.05) is 0 Å². The first-order valence-corrected chi connectivity index (χ1v) is 7.54. The number of nitrogens with one attached hydrogen (secondary N) is 1. The van der Waals surface area contributed by atoms with Crippen molar-refractivity contribution < 1.29 is 18.7 Å². The van der Waals surface area contributed by atoms with E-state index in [-0.39, 0.29) is 14.9 Å². The van der Waals surface area contributed by atoms with Crippen molar-refractivity contribution in [1.82, 2.24) is 0 Å². The Kier molecular flexibility index (Phi) is 4.74. The second-order valence-corrected chi connectivity index (χ2v) is 5.90. The van der Waals surface area contributed by atoms with E-state index in [9.17, 15) is 14.0 Å². The van der Waals surface area contributed by atoms with E-state index in [2.05, 4.69) is 26.0 Å². The van der Waals surface area contributed by atoms with Gasteiger partial charge in [0.1, 0.15) is 10.7 Å². The maximum atomic E-state index is 13.9.